The second kappa shape index (κ2) is 12.3. The number of fused-ring (bicyclic) bond motifs is 1. The number of nitrogens with one attached hydrogen (secondary N) is 2. The second-order valence-electron chi connectivity index (χ2n) is 11.4. The molecule has 3 aromatic carbocycles. The highest BCUT2D eigenvalue weighted by atomic mass is 19.4. The Balaban J connectivity index is 1.46. The molecule has 8 nitrogen and oxygen atoms in total. The number of anilines is 2. The van der Waals surface area contributed by atoms with E-state index in [1.54, 1.807) is 35.9 Å². The van der Waals surface area contributed by atoms with Gasteiger partial charge in [-0.15, -0.1) is 0 Å². The van der Waals surface area contributed by atoms with Gasteiger partial charge in [0, 0.05) is 34.9 Å². The summed E-state index contributed by atoms with van der Waals surface area (Å²) in [6.45, 7) is 3.87. The van der Waals surface area contributed by atoms with Gasteiger partial charge in [-0.25, -0.2) is 4.68 Å². The van der Waals surface area contributed by atoms with E-state index in [1.807, 2.05) is 43.3 Å². The van der Waals surface area contributed by atoms with Crippen molar-refractivity contribution in [1.29, 1.82) is 0 Å². The molecule has 6 rings (SSSR count). The molecule has 0 saturated carbocycles. The lowest BCUT2D eigenvalue weighted by molar-refractivity contribution is -0.137. The number of benzene rings is 3. The molecular weight excluding hydrogens is 595 g/mol. The van der Waals surface area contributed by atoms with Crippen LogP contribution in [0.1, 0.15) is 64.8 Å². The Labute approximate surface area is 263 Å². The number of carbonyl (C=O) groups excluding carboxylic acids is 3. The molecule has 4 aromatic rings. The van der Waals surface area contributed by atoms with Crippen molar-refractivity contribution >= 4 is 29.2 Å². The van der Waals surface area contributed by atoms with Gasteiger partial charge in [0.15, 0.2) is 0 Å². The van der Waals surface area contributed by atoms with Crippen molar-refractivity contribution in [3.8, 4) is 5.69 Å². The number of nitrogens with zero attached hydrogens (tertiary/aromatic N) is 3. The predicted molar refractivity (Wildman–Crippen MR) is 168 cm³/mol. The Hall–Kier alpha value is -5.19. The van der Waals surface area contributed by atoms with Gasteiger partial charge >= 0.3 is 6.18 Å². The number of amides is 3. The van der Waals surface area contributed by atoms with E-state index < -0.39 is 35.5 Å². The Morgan fingerprint density at radius 2 is 1.74 bits per heavy atom. The second-order valence-corrected chi connectivity index (χ2v) is 11.4. The molecule has 0 bridgehead atoms. The SMILES string of the molecule is CCN1C(=O)C(NC(=O)c2cccc(C(F)(F)F)c2)C(c2cccc(NC(=O)C3=CCCC3)c2)c2c(C)nn(-c3ccccc3)c21. The zero-order valence-electron chi connectivity index (χ0n) is 25.3. The van der Waals surface area contributed by atoms with Crippen LogP contribution in [0.25, 0.3) is 5.69 Å². The summed E-state index contributed by atoms with van der Waals surface area (Å²) in [5.41, 5.74) is 2.68. The van der Waals surface area contributed by atoms with Crippen molar-refractivity contribution in [3.63, 3.8) is 0 Å². The van der Waals surface area contributed by atoms with Crippen molar-refractivity contribution in [2.45, 2.75) is 51.2 Å². The van der Waals surface area contributed by atoms with Crippen LogP contribution in [0.4, 0.5) is 24.7 Å². The Morgan fingerprint density at radius 1 is 0.978 bits per heavy atom. The standard InChI is InChI=1S/C35H32F3N5O3/c1-3-42-33-28(21(2)41-43(33)27-17-5-4-6-18-27)29(23-13-10-16-26(20-23)39-31(44)22-11-7-8-12-22)30(34(42)46)40-32(45)24-14-9-15-25(19-24)35(36,37)38/h4-6,9-11,13-20,29-30H,3,7-8,12H2,1-2H3,(H,39,44)(H,40,45). The molecule has 2 aliphatic rings. The average Bonchev–Trinajstić information content (AvgIpc) is 3.71. The number of aryl methyl sites for hydroxylation is 1. The molecular formula is C35H32F3N5O3. The molecule has 236 valence electrons. The van der Waals surface area contributed by atoms with Gasteiger partial charge in [-0.05, 0) is 81.1 Å². The molecule has 3 amide bonds. The highest BCUT2D eigenvalue weighted by molar-refractivity contribution is 6.06. The van der Waals surface area contributed by atoms with E-state index in [4.69, 9.17) is 5.10 Å². The van der Waals surface area contributed by atoms with E-state index in [0.29, 0.717) is 40.3 Å². The van der Waals surface area contributed by atoms with Crippen LogP contribution in [-0.2, 0) is 15.8 Å². The number of hydrogen-bond donors (Lipinski definition) is 2. The first-order valence-corrected chi connectivity index (χ1v) is 15.1. The van der Waals surface area contributed by atoms with Crippen LogP contribution in [-0.4, -0.2) is 40.1 Å². The van der Waals surface area contributed by atoms with E-state index in [1.165, 1.54) is 11.0 Å². The van der Waals surface area contributed by atoms with Gasteiger partial charge in [0.2, 0.25) is 0 Å². The van der Waals surface area contributed by atoms with E-state index >= 15 is 0 Å². The number of hydrogen-bond acceptors (Lipinski definition) is 4. The van der Waals surface area contributed by atoms with Gasteiger partial charge in [0.1, 0.15) is 11.9 Å². The summed E-state index contributed by atoms with van der Waals surface area (Å²) in [6, 6.07) is 19.3. The van der Waals surface area contributed by atoms with Crippen LogP contribution >= 0.6 is 0 Å². The zero-order chi connectivity index (χ0) is 32.6. The Morgan fingerprint density at radius 3 is 2.43 bits per heavy atom. The first-order valence-electron chi connectivity index (χ1n) is 15.1. The fraction of sp³-hybridized carbons (Fsp3) is 0.257. The molecule has 0 saturated heterocycles. The third kappa shape index (κ3) is 5.80. The summed E-state index contributed by atoms with van der Waals surface area (Å²) in [7, 11) is 0. The van der Waals surface area contributed by atoms with Gasteiger partial charge in [0.25, 0.3) is 17.7 Å². The molecule has 11 heteroatoms. The number of halogens is 3. The quantitative estimate of drug-likeness (QED) is 0.243. The lowest BCUT2D eigenvalue weighted by Gasteiger charge is -2.38. The number of carbonyl (C=O) groups is 3. The summed E-state index contributed by atoms with van der Waals surface area (Å²) in [5.74, 6) is -1.70. The van der Waals surface area contributed by atoms with Crippen LogP contribution in [0, 0.1) is 6.92 Å². The zero-order valence-corrected chi connectivity index (χ0v) is 25.3. The van der Waals surface area contributed by atoms with Crippen molar-refractivity contribution in [2.24, 2.45) is 0 Å². The maximum absolute atomic E-state index is 14.3. The summed E-state index contributed by atoms with van der Waals surface area (Å²) in [5, 5.41) is 10.5. The number of aromatic nitrogens is 2. The van der Waals surface area contributed by atoms with Gasteiger partial charge < -0.3 is 10.6 Å². The average molecular weight is 628 g/mol. The van der Waals surface area contributed by atoms with Crippen molar-refractivity contribution in [3.05, 3.63) is 118 Å². The van der Waals surface area contributed by atoms with E-state index in [2.05, 4.69) is 10.6 Å². The van der Waals surface area contributed by atoms with Gasteiger partial charge in [-0.3, -0.25) is 19.3 Å². The minimum Gasteiger partial charge on any atom is -0.339 e. The molecule has 2 unspecified atom stereocenters. The maximum Gasteiger partial charge on any atom is 0.416 e. The molecule has 2 heterocycles. The first kappa shape index (κ1) is 30.8. The van der Waals surface area contributed by atoms with E-state index in [-0.39, 0.29) is 18.0 Å². The molecule has 0 spiro atoms. The normalized spacial score (nSPS) is 17.8. The monoisotopic (exact) mass is 627 g/mol. The van der Waals surface area contributed by atoms with Crippen LogP contribution in [0.5, 0.6) is 0 Å². The van der Waals surface area contributed by atoms with Gasteiger partial charge in [-0.1, -0.05) is 42.5 Å². The first-order chi connectivity index (χ1) is 22.1. The number of rotatable bonds is 7. The number of likely N-dealkylation sites (N-methyl/N-ethyl adjacent to an activating group) is 1. The minimum absolute atomic E-state index is 0.199. The molecule has 0 fully saturated rings. The summed E-state index contributed by atoms with van der Waals surface area (Å²) in [4.78, 5) is 42.4. The van der Waals surface area contributed by atoms with E-state index in [0.717, 1.165) is 36.7 Å². The van der Waals surface area contributed by atoms with Crippen molar-refractivity contribution in [1.82, 2.24) is 15.1 Å². The van der Waals surface area contributed by atoms with E-state index in [9.17, 15) is 27.6 Å². The Bertz CT molecular complexity index is 1850. The van der Waals surface area contributed by atoms with Crippen LogP contribution in [0.15, 0.2) is 90.5 Å². The van der Waals surface area contributed by atoms with Crippen molar-refractivity contribution < 1.29 is 27.6 Å². The summed E-state index contributed by atoms with van der Waals surface area (Å²) >= 11 is 0. The fourth-order valence-electron chi connectivity index (χ4n) is 6.25. The topological polar surface area (TPSA) is 96.3 Å². The third-order valence-corrected chi connectivity index (χ3v) is 8.41. The number of alkyl halides is 3. The molecule has 46 heavy (non-hydrogen) atoms. The van der Waals surface area contributed by atoms with Crippen LogP contribution < -0.4 is 15.5 Å². The number of allylic oxidation sites excluding steroid dienone is 1. The molecule has 1 aliphatic heterocycles. The maximum atomic E-state index is 14.3. The summed E-state index contributed by atoms with van der Waals surface area (Å²) < 4.78 is 42.1. The van der Waals surface area contributed by atoms with Gasteiger partial charge in [-0.2, -0.15) is 18.3 Å². The highest BCUT2D eigenvalue weighted by Gasteiger charge is 2.45. The van der Waals surface area contributed by atoms with Crippen LogP contribution in [0.2, 0.25) is 0 Å². The Kier molecular flexibility index (Phi) is 8.24. The predicted octanol–water partition coefficient (Wildman–Crippen LogP) is 6.55. The molecule has 1 aliphatic carbocycles. The smallest absolute Gasteiger partial charge is 0.339 e. The highest BCUT2D eigenvalue weighted by Crippen LogP contribution is 2.44. The van der Waals surface area contributed by atoms with Crippen LogP contribution in [0.3, 0.4) is 0 Å². The lowest BCUT2D eigenvalue weighted by Crippen LogP contribution is -2.55. The molecule has 2 atom stereocenters. The third-order valence-electron chi connectivity index (χ3n) is 8.41. The molecule has 0 radical (unpaired) electrons. The van der Waals surface area contributed by atoms with Gasteiger partial charge in [0.05, 0.1) is 16.9 Å². The summed E-state index contributed by atoms with van der Waals surface area (Å²) in [6.07, 6.45) is -0.259. The largest absolute Gasteiger partial charge is 0.416 e. The molecule has 2 N–H and O–H groups in total. The minimum atomic E-state index is -4.64. The lowest BCUT2D eigenvalue weighted by atomic mass is 9.81. The van der Waals surface area contributed by atoms with Crippen molar-refractivity contribution in [2.75, 3.05) is 16.8 Å². The number of para-hydroxylation sites is 1. The molecule has 1 aromatic heterocycles. The fourth-order valence-corrected chi connectivity index (χ4v) is 6.25.